The van der Waals surface area contributed by atoms with E-state index in [0.29, 0.717) is 11.4 Å². The van der Waals surface area contributed by atoms with Crippen molar-refractivity contribution < 1.29 is 14.3 Å². The minimum atomic E-state index is -0.687. The van der Waals surface area contributed by atoms with E-state index in [2.05, 4.69) is 29.7 Å². The maximum Gasteiger partial charge on any atom is 0.326 e. The lowest BCUT2D eigenvalue weighted by Gasteiger charge is -2.20. The first-order chi connectivity index (χ1) is 16.5. The third-order valence-corrected chi connectivity index (χ3v) is 5.93. The van der Waals surface area contributed by atoms with Crippen LogP contribution in [0.15, 0.2) is 72.8 Å². The van der Waals surface area contributed by atoms with Crippen LogP contribution in [0.25, 0.3) is 0 Å². The van der Waals surface area contributed by atoms with Crippen LogP contribution >= 0.6 is 23.2 Å². The van der Waals surface area contributed by atoms with Gasteiger partial charge in [0.1, 0.15) is 11.9 Å². The molecule has 0 heterocycles. The molecule has 0 fully saturated rings. The number of nitrogens with one attached hydrogen (secondary N) is 2. The van der Waals surface area contributed by atoms with Crippen molar-refractivity contribution in [1.82, 2.24) is 5.32 Å². The van der Waals surface area contributed by atoms with E-state index in [-0.39, 0.29) is 21.7 Å². The summed E-state index contributed by atoms with van der Waals surface area (Å²) in [7, 11) is 0. The van der Waals surface area contributed by atoms with Gasteiger partial charge < -0.3 is 10.1 Å². The lowest BCUT2D eigenvalue weighted by atomic mass is 10.0. The van der Waals surface area contributed by atoms with Gasteiger partial charge in [0.25, 0.3) is 5.91 Å². The van der Waals surface area contributed by atoms with Gasteiger partial charge in [-0.1, -0.05) is 85.8 Å². The predicted molar refractivity (Wildman–Crippen MR) is 138 cm³/mol. The number of halogens is 2. The summed E-state index contributed by atoms with van der Waals surface area (Å²) in [5.74, 6) is 0.0241. The number of carbonyl (C=O) groups is 2. The number of amides is 3. The molecule has 1 unspecified atom stereocenters. The van der Waals surface area contributed by atoms with Gasteiger partial charge in [0.2, 0.25) is 0 Å². The number of urea groups is 1. The van der Waals surface area contributed by atoms with Crippen LogP contribution in [0.3, 0.4) is 0 Å². The summed E-state index contributed by atoms with van der Waals surface area (Å²) in [6, 6.07) is 21.2. The highest BCUT2D eigenvalue weighted by Gasteiger charge is 2.17. The molecule has 3 rings (SSSR count). The van der Waals surface area contributed by atoms with Crippen molar-refractivity contribution in [3.63, 3.8) is 0 Å². The molecule has 178 valence electrons. The van der Waals surface area contributed by atoms with E-state index in [1.807, 2.05) is 18.2 Å². The first-order valence-corrected chi connectivity index (χ1v) is 12.1. The Morgan fingerprint density at radius 2 is 1.53 bits per heavy atom. The summed E-state index contributed by atoms with van der Waals surface area (Å²) >= 11 is 12.1. The maximum atomic E-state index is 12.4. The van der Waals surface area contributed by atoms with E-state index in [1.165, 1.54) is 31.4 Å². The molecule has 0 spiro atoms. The van der Waals surface area contributed by atoms with Gasteiger partial charge in [-0.05, 0) is 54.8 Å². The Labute approximate surface area is 210 Å². The van der Waals surface area contributed by atoms with Crippen LogP contribution in [-0.4, -0.2) is 11.9 Å². The Morgan fingerprint density at radius 1 is 0.853 bits per heavy atom. The fraction of sp³-hybridized carbons (Fsp3) is 0.259. The normalized spacial score (nSPS) is 11.5. The Hall–Kier alpha value is -3.02. The largest absolute Gasteiger partial charge is 0.486 e. The summed E-state index contributed by atoms with van der Waals surface area (Å²) in [5.41, 5.74) is 1.70. The number of imide groups is 1. The number of benzene rings is 3. The first kappa shape index (κ1) is 25.6. The average Bonchev–Trinajstić information content (AvgIpc) is 2.82. The molecular weight excluding hydrogens is 471 g/mol. The molecule has 3 aromatic carbocycles. The Kier molecular flexibility index (Phi) is 9.80. The molecule has 0 aromatic heterocycles. The van der Waals surface area contributed by atoms with Crippen LogP contribution in [0, 0.1) is 0 Å². The third kappa shape index (κ3) is 7.51. The van der Waals surface area contributed by atoms with Gasteiger partial charge in [-0.15, -0.1) is 0 Å². The molecule has 5 nitrogen and oxygen atoms in total. The molecule has 7 heteroatoms. The molecule has 3 aromatic rings. The molecular formula is C27H28Cl2N2O3. The number of unbranched alkanes of at least 4 members (excludes halogenated alkanes) is 3. The Balaban J connectivity index is 1.59. The van der Waals surface area contributed by atoms with Crippen LogP contribution in [0.2, 0.25) is 10.0 Å². The molecule has 34 heavy (non-hydrogen) atoms. The highest BCUT2D eigenvalue weighted by molar-refractivity contribution is 6.40. The second-order valence-corrected chi connectivity index (χ2v) is 8.71. The lowest BCUT2D eigenvalue weighted by Crippen LogP contribution is -2.34. The van der Waals surface area contributed by atoms with Gasteiger partial charge in [-0.25, -0.2) is 4.79 Å². The number of hydrogen-bond donors (Lipinski definition) is 2. The van der Waals surface area contributed by atoms with Crippen molar-refractivity contribution in [2.24, 2.45) is 0 Å². The Morgan fingerprint density at radius 3 is 2.18 bits per heavy atom. The molecule has 0 radical (unpaired) electrons. The summed E-state index contributed by atoms with van der Waals surface area (Å²) in [6.45, 7) is 2.20. The maximum absolute atomic E-state index is 12.4. The predicted octanol–water partition coefficient (Wildman–Crippen LogP) is 8.05. The molecule has 0 bridgehead atoms. The van der Waals surface area contributed by atoms with Crippen molar-refractivity contribution >= 4 is 40.8 Å². The van der Waals surface area contributed by atoms with Crippen molar-refractivity contribution in [2.45, 2.75) is 45.1 Å². The molecule has 2 N–H and O–H groups in total. The summed E-state index contributed by atoms with van der Waals surface area (Å²) < 4.78 is 6.28. The van der Waals surface area contributed by atoms with Crippen LogP contribution in [0.1, 0.15) is 61.1 Å². The van der Waals surface area contributed by atoms with Crippen molar-refractivity contribution in [3.8, 4) is 5.75 Å². The number of ether oxygens (including phenoxy) is 1. The van der Waals surface area contributed by atoms with E-state index in [0.717, 1.165) is 18.4 Å². The molecule has 3 amide bonds. The SMILES string of the molecule is CCCCCCC(Oc1ccc(NC(=O)NC(=O)c2c(Cl)cccc2Cl)cc1)c1ccccc1. The van der Waals surface area contributed by atoms with E-state index in [4.69, 9.17) is 27.9 Å². The third-order valence-electron chi connectivity index (χ3n) is 5.30. The Bertz CT molecular complexity index is 1070. The van der Waals surface area contributed by atoms with Crippen LogP contribution in [0.4, 0.5) is 10.5 Å². The highest BCUT2D eigenvalue weighted by Crippen LogP contribution is 2.28. The van der Waals surface area contributed by atoms with Crippen LogP contribution in [-0.2, 0) is 0 Å². The highest BCUT2D eigenvalue weighted by atomic mass is 35.5. The first-order valence-electron chi connectivity index (χ1n) is 11.4. The van der Waals surface area contributed by atoms with E-state index >= 15 is 0 Å². The summed E-state index contributed by atoms with van der Waals surface area (Å²) in [4.78, 5) is 24.6. The smallest absolute Gasteiger partial charge is 0.326 e. The van der Waals surface area contributed by atoms with Gasteiger partial charge in [0, 0.05) is 5.69 Å². The van der Waals surface area contributed by atoms with Gasteiger partial charge in [0.15, 0.2) is 0 Å². The monoisotopic (exact) mass is 498 g/mol. The molecule has 0 aliphatic rings. The fourth-order valence-electron chi connectivity index (χ4n) is 3.54. The molecule has 0 aliphatic carbocycles. The number of rotatable bonds is 10. The summed E-state index contributed by atoms with van der Waals surface area (Å²) in [6.07, 6.45) is 5.57. The topological polar surface area (TPSA) is 67.4 Å². The standard InChI is InChI=1S/C27H28Cl2N2O3/c1-2-3-4-8-14-24(19-10-6-5-7-11-19)34-21-17-15-20(16-18-21)30-27(33)31-26(32)25-22(28)12-9-13-23(25)29/h5-7,9-13,15-18,24H,2-4,8,14H2,1H3,(H2,30,31,32,33). The number of hydrogen-bond acceptors (Lipinski definition) is 3. The quantitative estimate of drug-likeness (QED) is 0.277. The molecule has 1 atom stereocenters. The minimum absolute atomic E-state index is 0.0434. The second kappa shape index (κ2) is 13.0. The molecule has 0 aliphatic heterocycles. The molecule has 0 saturated carbocycles. The minimum Gasteiger partial charge on any atom is -0.486 e. The molecule has 0 saturated heterocycles. The van der Waals surface area contributed by atoms with Gasteiger partial charge in [-0.2, -0.15) is 0 Å². The zero-order valence-corrected chi connectivity index (χ0v) is 20.5. The van der Waals surface area contributed by atoms with Crippen molar-refractivity contribution in [1.29, 1.82) is 0 Å². The number of anilines is 1. The van der Waals surface area contributed by atoms with E-state index < -0.39 is 11.9 Å². The number of carbonyl (C=O) groups excluding carboxylic acids is 2. The van der Waals surface area contributed by atoms with Gasteiger partial charge in [-0.3, -0.25) is 10.1 Å². The van der Waals surface area contributed by atoms with Crippen LogP contribution < -0.4 is 15.4 Å². The average molecular weight is 499 g/mol. The fourth-order valence-corrected chi connectivity index (χ4v) is 4.11. The zero-order chi connectivity index (χ0) is 24.3. The lowest BCUT2D eigenvalue weighted by molar-refractivity contribution is 0.0967. The van der Waals surface area contributed by atoms with Gasteiger partial charge >= 0.3 is 6.03 Å². The van der Waals surface area contributed by atoms with E-state index in [9.17, 15) is 9.59 Å². The van der Waals surface area contributed by atoms with Gasteiger partial charge in [0.05, 0.1) is 15.6 Å². The summed E-state index contributed by atoms with van der Waals surface area (Å²) in [5, 5.41) is 5.21. The zero-order valence-electron chi connectivity index (χ0n) is 19.0. The van der Waals surface area contributed by atoms with Crippen molar-refractivity contribution in [3.05, 3.63) is 94.0 Å². The second-order valence-electron chi connectivity index (χ2n) is 7.90. The van der Waals surface area contributed by atoms with E-state index in [1.54, 1.807) is 30.3 Å². The van der Waals surface area contributed by atoms with Crippen LogP contribution in [0.5, 0.6) is 5.75 Å². The van der Waals surface area contributed by atoms with Crippen molar-refractivity contribution in [2.75, 3.05) is 5.32 Å².